The van der Waals surface area contributed by atoms with E-state index in [2.05, 4.69) is 173 Å². The molecule has 0 saturated heterocycles. The van der Waals surface area contributed by atoms with Gasteiger partial charge >= 0.3 is 0 Å². The van der Waals surface area contributed by atoms with E-state index in [1.807, 2.05) is 11.3 Å². The highest BCUT2D eigenvalue weighted by Crippen LogP contribution is 2.53. The highest BCUT2D eigenvalue weighted by molar-refractivity contribution is 7.33. The van der Waals surface area contributed by atoms with Gasteiger partial charge in [-0.25, -0.2) is 0 Å². The van der Waals surface area contributed by atoms with Gasteiger partial charge in [0.1, 0.15) is 13.2 Å². The molecule has 0 radical (unpaired) electrons. The molecule has 1 aromatic heterocycles. The maximum absolute atomic E-state index is 6.37. The summed E-state index contributed by atoms with van der Waals surface area (Å²) < 4.78 is 15.3. The van der Waals surface area contributed by atoms with Crippen molar-refractivity contribution in [1.82, 2.24) is 0 Å². The highest BCUT2D eigenvalue weighted by Gasteiger charge is 2.47. The van der Waals surface area contributed by atoms with Gasteiger partial charge in [0, 0.05) is 37.5 Å². The normalized spacial score (nSPS) is 14.9. The summed E-state index contributed by atoms with van der Waals surface area (Å²) >= 11 is 1.98. The van der Waals surface area contributed by atoms with Crippen molar-refractivity contribution in [2.24, 2.45) is 0 Å². The molecule has 0 unspecified atom stereocenters. The predicted molar refractivity (Wildman–Crippen MR) is 247 cm³/mol. The Kier molecular flexibility index (Phi) is 8.41. The fourth-order valence-corrected chi connectivity index (χ4v) is 10.9. The molecule has 4 heterocycles. The van der Waals surface area contributed by atoms with Crippen LogP contribution in [0.2, 0.25) is 0 Å². The van der Waals surface area contributed by atoms with Crippen LogP contribution in [0.25, 0.3) is 10.1 Å². The number of thiophene rings is 1. The van der Waals surface area contributed by atoms with Crippen molar-refractivity contribution >= 4 is 78.0 Å². The summed E-state index contributed by atoms with van der Waals surface area (Å²) in [7, 11) is 0. The molecule has 9 rings (SSSR count). The first-order valence-corrected chi connectivity index (χ1v) is 21.5. The van der Waals surface area contributed by atoms with Crippen LogP contribution in [0.5, 0.6) is 11.5 Å². The maximum Gasteiger partial charge on any atom is 0.264 e. The molecule has 0 amide bonds. The molecule has 6 heteroatoms. The molecule has 4 nitrogen and oxygen atoms in total. The minimum absolute atomic E-state index is 0.0171. The summed E-state index contributed by atoms with van der Waals surface area (Å²) in [6.45, 7) is 33.5. The Morgan fingerprint density at radius 3 is 1.79 bits per heavy atom. The number of anilines is 6. The number of aryl methyl sites for hydroxylation is 4. The molecule has 0 fully saturated rings. The lowest BCUT2D eigenvalue weighted by Gasteiger charge is -2.45. The molecule has 0 spiro atoms. The second kappa shape index (κ2) is 12.7. The van der Waals surface area contributed by atoms with Gasteiger partial charge in [-0.3, -0.25) is 0 Å². The quantitative estimate of drug-likeness (QED) is 0.163. The zero-order chi connectivity index (χ0) is 40.7. The molecule has 0 atom stereocenters. The van der Waals surface area contributed by atoms with E-state index in [-0.39, 0.29) is 23.0 Å². The molecule has 6 aromatic rings. The lowest BCUT2D eigenvalue weighted by Crippen LogP contribution is -2.60. The maximum atomic E-state index is 6.37. The van der Waals surface area contributed by atoms with Crippen molar-refractivity contribution in [3.05, 3.63) is 111 Å². The summed E-state index contributed by atoms with van der Waals surface area (Å²) in [5.74, 6) is 1.69. The van der Waals surface area contributed by atoms with Crippen LogP contribution in [0, 0.1) is 34.6 Å². The van der Waals surface area contributed by atoms with E-state index < -0.39 is 0 Å². The second-order valence-electron chi connectivity index (χ2n) is 20.0. The van der Waals surface area contributed by atoms with Crippen LogP contribution in [-0.4, -0.2) is 19.9 Å². The number of nitrogens with zero attached hydrogens (tertiary/aromatic N) is 2. The van der Waals surface area contributed by atoms with Gasteiger partial charge in [-0.2, -0.15) is 0 Å². The molecule has 57 heavy (non-hydrogen) atoms. The summed E-state index contributed by atoms with van der Waals surface area (Å²) in [6.07, 6.45) is 0. The van der Waals surface area contributed by atoms with Crippen molar-refractivity contribution in [2.45, 2.75) is 113 Å². The predicted octanol–water partition coefficient (Wildman–Crippen LogP) is 12.2. The Hall–Kier alpha value is -4.68. The summed E-state index contributed by atoms with van der Waals surface area (Å²) in [6, 6.07) is 26.5. The van der Waals surface area contributed by atoms with Gasteiger partial charge in [0.2, 0.25) is 0 Å². The van der Waals surface area contributed by atoms with Gasteiger partial charge in [-0.05, 0) is 137 Å². The van der Waals surface area contributed by atoms with Crippen LogP contribution in [0.1, 0.15) is 107 Å². The van der Waals surface area contributed by atoms with E-state index in [1.54, 1.807) is 0 Å². The Morgan fingerprint density at radius 1 is 0.561 bits per heavy atom. The summed E-state index contributed by atoms with van der Waals surface area (Å²) in [4.78, 5) is 5.23. The first kappa shape index (κ1) is 37.9. The highest BCUT2D eigenvalue weighted by atomic mass is 32.1. The summed E-state index contributed by atoms with van der Waals surface area (Å²) in [5, 5.41) is 1.34. The lowest BCUT2D eigenvalue weighted by atomic mass is 9.36. The molecule has 3 aliphatic rings. The number of rotatable bonds is 2. The summed E-state index contributed by atoms with van der Waals surface area (Å²) in [5.41, 5.74) is 20.5. The van der Waals surface area contributed by atoms with E-state index in [0.29, 0.717) is 13.2 Å². The number of ether oxygens (including phenoxy) is 2. The van der Waals surface area contributed by atoms with Crippen LogP contribution >= 0.6 is 11.3 Å². The van der Waals surface area contributed by atoms with Gasteiger partial charge in [-0.1, -0.05) is 92.6 Å². The van der Waals surface area contributed by atoms with Crippen LogP contribution in [0.3, 0.4) is 0 Å². The minimum Gasteiger partial charge on any atom is -0.486 e. The third-order valence-corrected chi connectivity index (χ3v) is 13.8. The largest absolute Gasteiger partial charge is 0.486 e. The average Bonchev–Trinajstić information content (AvgIpc) is 3.50. The van der Waals surface area contributed by atoms with E-state index >= 15 is 0 Å². The van der Waals surface area contributed by atoms with Gasteiger partial charge in [-0.15, -0.1) is 11.3 Å². The fraction of sp³-hybridized carbons (Fsp3) is 0.373. The van der Waals surface area contributed by atoms with Crippen LogP contribution in [0.15, 0.2) is 66.7 Å². The number of hydrogen-bond donors (Lipinski definition) is 0. The molecule has 0 saturated carbocycles. The van der Waals surface area contributed by atoms with Crippen LogP contribution in [-0.2, 0) is 16.2 Å². The monoisotopic (exact) mass is 772 g/mol. The first-order chi connectivity index (χ1) is 26.7. The van der Waals surface area contributed by atoms with Gasteiger partial charge in [0.25, 0.3) is 6.71 Å². The zero-order valence-electron chi connectivity index (χ0n) is 36.5. The molecule has 0 bridgehead atoms. The Labute approximate surface area is 344 Å². The van der Waals surface area contributed by atoms with Crippen LogP contribution < -0.4 is 35.0 Å². The van der Waals surface area contributed by atoms with Gasteiger partial charge < -0.3 is 19.3 Å². The average molecular weight is 773 g/mol. The van der Waals surface area contributed by atoms with Crippen molar-refractivity contribution in [1.29, 1.82) is 0 Å². The zero-order valence-corrected chi connectivity index (χ0v) is 37.3. The van der Waals surface area contributed by atoms with Gasteiger partial charge in [0.15, 0.2) is 11.5 Å². The molecular formula is C51H57BN2O2S. The Balaban J connectivity index is 1.44. The van der Waals surface area contributed by atoms with Crippen molar-refractivity contribution < 1.29 is 9.47 Å². The number of hydrogen-bond acceptors (Lipinski definition) is 5. The minimum atomic E-state index is -0.0204. The molecule has 5 aromatic carbocycles. The van der Waals surface area contributed by atoms with Crippen LogP contribution in [0.4, 0.5) is 34.1 Å². The number of fused-ring (bicyclic) bond motifs is 7. The molecule has 292 valence electrons. The standard InChI is InChI=1S/C51H57BN2O2S/c1-28-21-39-43-40(22-28)54(44-29(2)23-35(24-30(44)3)51(12,13)14)46-36-26-33(49(6,7)8)16-18-42(36)57-48(46)52(43)37-27-34(50(9,10)11)15-17-38(37)53(39)45-31(4)25-41-47(32(45)5)56-20-19-55-41/h15-18,21-27H,19-20H2,1-14H3. The topological polar surface area (TPSA) is 24.9 Å². The van der Waals surface area contributed by atoms with E-state index in [9.17, 15) is 0 Å². The lowest BCUT2D eigenvalue weighted by molar-refractivity contribution is 0.170. The Bertz CT molecular complexity index is 2640. The molecule has 0 aliphatic carbocycles. The SMILES string of the molecule is Cc1cc2c3c(c1)N(c1c(C)cc(C(C)(C)C)cc1C)c1c(sc4ccc(C(C)(C)C)cc14)B3c1cc(C(C)(C)C)ccc1N2c1c(C)cc2c(c1C)OCCO2. The Morgan fingerprint density at radius 2 is 1.14 bits per heavy atom. The fourth-order valence-electron chi connectivity index (χ4n) is 9.62. The third-order valence-electron chi connectivity index (χ3n) is 12.6. The first-order valence-electron chi connectivity index (χ1n) is 20.7. The smallest absolute Gasteiger partial charge is 0.264 e. The second-order valence-corrected chi connectivity index (χ2v) is 21.1. The molecule has 0 N–H and O–H groups in total. The van der Waals surface area contributed by atoms with Crippen molar-refractivity contribution in [3.8, 4) is 11.5 Å². The van der Waals surface area contributed by atoms with E-state index in [0.717, 1.165) is 17.1 Å². The number of benzene rings is 5. The molecule has 3 aliphatic heterocycles. The third kappa shape index (κ3) is 5.83. The van der Waals surface area contributed by atoms with Crippen molar-refractivity contribution in [2.75, 3.05) is 23.0 Å². The van der Waals surface area contributed by atoms with E-state index in [4.69, 9.17) is 9.47 Å². The van der Waals surface area contributed by atoms with Crippen molar-refractivity contribution in [3.63, 3.8) is 0 Å². The van der Waals surface area contributed by atoms with E-state index in [1.165, 1.54) is 98.9 Å². The molecular weight excluding hydrogens is 715 g/mol. The van der Waals surface area contributed by atoms with Gasteiger partial charge in [0.05, 0.1) is 17.1 Å².